The van der Waals surface area contributed by atoms with Crippen molar-refractivity contribution >= 4 is 11.8 Å². The predicted molar refractivity (Wildman–Crippen MR) is 134 cm³/mol. The van der Waals surface area contributed by atoms with Gasteiger partial charge in [-0.15, -0.1) is 0 Å². The van der Waals surface area contributed by atoms with Crippen LogP contribution in [-0.2, 0) is 16.1 Å². The van der Waals surface area contributed by atoms with Gasteiger partial charge in [0.25, 0.3) is 0 Å². The average molecular weight is 461 g/mol. The first-order valence-electron chi connectivity index (χ1n) is 11.8. The Kier molecular flexibility index (Phi) is 8.97. The Morgan fingerprint density at radius 2 is 1.38 bits per heavy atom. The SMILES string of the molecule is CCC(C(=O)NC(C)C)N(Cc1ccc(F)cc1)C(=O)CC(c1ccccc1)c1ccccc1. The van der Waals surface area contributed by atoms with E-state index in [1.54, 1.807) is 17.0 Å². The second kappa shape index (κ2) is 12.1. The summed E-state index contributed by atoms with van der Waals surface area (Å²) in [5.41, 5.74) is 2.87. The van der Waals surface area contributed by atoms with Crippen molar-refractivity contribution in [3.63, 3.8) is 0 Å². The number of benzene rings is 3. The molecule has 3 aromatic carbocycles. The summed E-state index contributed by atoms with van der Waals surface area (Å²) in [5.74, 6) is -0.771. The third kappa shape index (κ3) is 6.77. The van der Waals surface area contributed by atoms with Gasteiger partial charge in [0.15, 0.2) is 0 Å². The Morgan fingerprint density at radius 1 is 0.853 bits per heavy atom. The van der Waals surface area contributed by atoms with Gasteiger partial charge in [-0.1, -0.05) is 79.7 Å². The Balaban J connectivity index is 1.94. The standard InChI is InChI=1S/C29H33FN2O2/c1-4-27(29(34)31-21(2)3)32(20-22-15-17-25(30)18-16-22)28(33)19-26(23-11-7-5-8-12-23)24-13-9-6-10-14-24/h5-18,21,26-27H,4,19-20H2,1-3H3,(H,31,34). The van der Waals surface area contributed by atoms with Crippen LogP contribution in [0.5, 0.6) is 0 Å². The molecule has 4 nitrogen and oxygen atoms in total. The normalized spacial score (nSPS) is 11.9. The van der Waals surface area contributed by atoms with E-state index in [1.165, 1.54) is 12.1 Å². The molecule has 0 saturated carbocycles. The molecule has 5 heteroatoms. The van der Waals surface area contributed by atoms with E-state index in [0.717, 1.165) is 16.7 Å². The van der Waals surface area contributed by atoms with Gasteiger partial charge in [0.2, 0.25) is 11.8 Å². The molecule has 3 aromatic rings. The van der Waals surface area contributed by atoms with Crippen LogP contribution in [0.15, 0.2) is 84.9 Å². The minimum Gasteiger partial charge on any atom is -0.352 e. The van der Waals surface area contributed by atoms with E-state index in [4.69, 9.17) is 0 Å². The van der Waals surface area contributed by atoms with Crippen molar-refractivity contribution < 1.29 is 14.0 Å². The molecule has 0 aliphatic rings. The van der Waals surface area contributed by atoms with Gasteiger partial charge in [-0.3, -0.25) is 9.59 Å². The third-order valence-corrected chi connectivity index (χ3v) is 5.87. The van der Waals surface area contributed by atoms with Crippen molar-refractivity contribution in [1.82, 2.24) is 10.2 Å². The van der Waals surface area contributed by atoms with Crippen LogP contribution in [-0.4, -0.2) is 28.8 Å². The van der Waals surface area contributed by atoms with Gasteiger partial charge in [-0.05, 0) is 49.1 Å². The van der Waals surface area contributed by atoms with Crippen molar-refractivity contribution in [2.45, 2.75) is 58.2 Å². The molecule has 0 aliphatic heterocycles. The van der Waals surface area contributed by atoms with Crippen LogP contribution in [0, 0.1) is 5.82 Å². The molecule has 1 unspecified atom stereocenters. The fourth-order valence-electron chi connectivity index (χ4n) is 4.18. The third-order valence-electron chi connectivity index (χ3n) is 5.87. The lowest BCUT2D eigenvalue weighted by molar-refractivity contribution is -0.141. The summed E-state index contributed by atoms with van der Waals surface area (Å²) in [6, 6.07) is 25.3. The van der Waals surface area contributed by atoms with Gasteiger partial charge in [0, 0.05) is 24.9 Å². The van der Waals surface area contributed by atoms with Crippen LogP contribution < -0.4 is 5.32 Å². The van der Waals surface area contributed by atoms with Crippen molar-refractivity contribution in [2.24, 2.45) is 0 Å². The second-order valence-electron chi connectivity index (χ2n) is 8.81. The molecule has 2 amide bonds. The van der Waals surface area contributed by atoms with Gasteiger partial charge in [0.1, 0.15) is 11.9 Å². The second-order valence-corrected chi connectivity index (χ2v) is 8.81. The molecule has 0 saturated heterocycles. The molecule has 34 heavy (non-hydrogen) atoms. The first-order chi connectivity index (χ1) is 16.4. The summed E-state index contributed by atoms with van der Waals surface area (Å²) in [5, 5.41) is 2.95. The molecule has 0 heterocycles. The number of halogens is 1. The summed E-state index contributed by atoms with van der Waals surface area (Å²) in [6.07, 6.45) is 0.702. The number of carbonyl (C=O) groups excluding carboxylic acids is 2. The zero-order valence-corrected chi connectivity index (χ0v) is 20.1. The summed E-state index contributed by atoms with van der Waals surface area (Å²) in [7, 11) is 0. The smallest absolute Gasteiger partial charge is 0.243 e. The fraction of sp³-hybridized carbons (Fsp3) is 0.310. The van der Waals surface area contributed by atoms with E-state index in [1.807, 2.05) is 81.4 Å². The fourth-order valence-corrected chi connectivity index (χ4v) is 4.18. The molecule has 0 bridgehead atoms. The van der Waals surface area contributed by atoms with Crippen LogP contribution in [0.2, 0.25) is 0 Å². The van der Waals surface area contributed by atoms with Crippen molar-refractivity contribution in [1.29, 1.82) is 0 Å². The first kappa shape index (κ1) is 25.2. The maximum absolute atomic E-state index is 13.8. The maximum Gasteiger partial charge on any atom is 0.243 e. The Bertz CT molecular complexity index is 1010. The Hall–Kier alpha value is -3.47. The number of carbonyl (C=O) groups is 2. The monoisotopic (exact) mass is 460 g/mol. The summed E-state index contributed by atoms with van der Waals surface area (Å²) >= 11 is 0. The van der Waals surface area contributed by atoms with Crippen LogP contribution in [0.4, 0.5) is 4.39 Å². The lowest BCUT2D eigenvalue weighted by Crippen LogP contribution is -2.50. The molecule has 0 fully saturated rings. The highest BCUT2D eigenvalue weighted by molar-refractivity contribution is 5.88. The van der Waals surface area contributed by atoms with Gasteiger partial charge in [0.05, 0.1) is 0 Å². The van der Waals surface area contributed by atoms with Crippen LogP contribution in [0.3, 0.4) is 0 Å². The molecule has 1 N–H and O–H groups in total. The zero-order chi connectivity index (χ0) is 24.5. The number of hydrogen-bond acceptors (Lipinski definition) is 2. The van der Waals surface area contributed by atoms with Gasteiger partial charge in [-0.2, -0.15) is 0 Å². The molecule has 0 aliphatic carbocycles. The quantitative estimate of drug-likeness (QED) is 0.423. The number of rotatable bonds is 10. The highest BCUT2D eigenvalue weighted by atomic mass is 19.1. The lowest BCUT2D eigenvalue weighted by atomic mass is 9.88. The molecule has 1 atom stereocenters. The van der Waals surface area contributed by atoms with E-state index < -0.39 is 6.04 Å². The van der Waals surface area contributed by atoms with Gasteiger partial charge < -0.3 is 10.2 Å². The minimum absolute atomic E-state index is 0.0364. The summed E-state index contributed by atoms with van der Waals surface area (Å²) < 4.78 is 13.5. The maximum atomic E-state index is 13.8. The van der Waals surface area contributed by atoms with E-state index in [0.29, 0.717) is 6.42 Å². The number of hydrogen-bond donors (Lipinski definition) is 1. The molecule has 178 valence electrons. The van der Waals surface area contributed by atoms with E-state index >= 15 is 0 Å². The largest absolute Gasteiger partial charge is 0.352 e. The summed E-state index contributed by atoms with van der Waals surface area (Å²) in [6.45, 7) is 5.94. The van der Waals surface area contributed by atoms with Gasteiger partial charge in [-0.25, -0.2) is 4.39 Å². The van der Waals surface area contributed by atoms with Crippen molar-refractivity contribution in [3.8, 4) is 0 Å². The van der Waals surface area contributed by atoms with Crippen molar-refractivity contribution in [2.75, 3.05) is 0 Å². The minimum atomic E-state index is -0.618. The lowest BCUT2D eigenvalue weighted by Gasteiger charge is -2.32. The number of amides is 2. The molecule has 0 spiro atoms. The highest BCUT2D eigenvalue weighted by Crippen LogP contribution is 2.29. The molecule has 0 radical (unpaired) electrons. The molecular weight excluding hydrogens is 427 g/mol. The van der Waals surface area contributed by atoms with Crippen molar-refractivity contribution in [3.05, 3.63) is 107 Å². The number of nitrogens with zero attached hydrogens (tertiary/aromatic N) is 1. The summed E-state index contributed by atoms with van der Waals surface area (Å²) in [4.78, 5) is 28.5. The van der Waals surface area contributed by atoms with E-state index in [-0.39, 0.29) is 42.6 Å². The average Bonchev–Trinajstić information content (AvgIpc) is 2.84. The first-order valence-corrected chi connectivity index (χ1v) is 11.8. The predicted octanol–water partition coefficient (Wildman–Crippen LogP) is 5.68. The Morgan fingerprint density at radius 3 is 1.85 bits per heavy atom. The van der Waals surface area contributed by atoms with Gasteiger partial charge >= 0.3 is 0 Å². The molecule has 3 rings (SSSR count). The van der Waals surface area contributed by atoms with E-state index in [9.17, 15) is 14.0 Å². The van der Waals surface area contributed by atoms with Crippen LogP contribution >= 0.6 is 0 Å². The van der Waals surface area contributed by atoms with E-state index in [2.05, 4.69) is 5.32 Å². The molecule has 0 aromatic heterocycles. The van der Waals surface area contributed by atoms with Crippen LogP contribution in [0.1, 0.15) is 56.2 Å². The van der Waals surface area contributed by atoms with Crippen LogP contribution in [0.25, 0.3) is 0 Å². The zero-order valence-electron chi connectivity index (χ0n) is 20.1. The highest BCUT2D eigenvalue weighted by Gasteiger charge is 2.31. The topological polar surface area (TPSA) is 49.4 Å². The number of nitrogens with one attached hydrogen (secondary N) is 1. The molecular formula is C29H33FN2O2. The Labute approximate surface area is 201 Å².